The molecule has 2 unspecified atom stereocenters. The van der Waals surface area contributed by atoms with Crippen LogP contribution in [-0.2, 0) is 16.1 Å². The minimum atomic E-state index is -0.828. The third-order valence-corrected chi connectivity index (χ3v) is 6.81. The first kappa shape index (κ1) is 20.3. The van der Waals surface area contributed by atoms with Crippen LogP contribution in [0.4, 0.5) is 0 Å². The highest BCUT2D eigenvalue weighted by Gasteiger charge is 2.63. The van der Waals surface area contributed by atoms with Gasteiger partial charge in [0.2, 0.25) is 5.91 Å². The van der Waals surface area contributed by atoms with Gasteiger partial charge in [0.05, 0.1) is 6.10 Å². The number of hydrogen-bond donors (Lipinski definition) is 2. The number of hydrogen-bond acceptors (Lipinski definition) is 4. The van der Waals surface area contributed by atoms with E-state index < -0.39 is 5.54 Å². The quantitative estimate of drug-likeness (QED) is 0.804. The number of nitrogens with two attached hydrogens (primary N) is 1. The summed E-state index contributed by atoms with van der Waals surface area (Å²) in [6.45, 7) is 11.9. The van der Waals surface area contributed by atoms with Crippen molar-refractivity contribution < 1.29 is 9.53 Å². The average Bonchev–Trinajstić information content (AvgIpc) is 2.64. The van der Waals surface area contributed by atoms with Gasteiger partial charge in [-0.25, -0.2) is 0 Å². The van der Waals surface area contributed by atoms with Crippen LogP contribution in [0.5, 0.6) is 0 Å². The van der Waals surface area contributed by atoms with Gasteiger partial charge >= 0.3 is 0 Å². The number of aryl methyl sites for hydroxylation is 1. The van der Waals surface area contributed by atoms with Crippen LogP contribution in [0.25, 0.3) is 0 Å². The molecular weight excluding hydrogens is 338 g/mol. The van der Waals surface area contributed by atoms with Crippen LogP contribution in [0.15, 0.2) is 24.3 Å². The fraction of sp³-hybridized carbons (Fsp3) is 0.682. The maximum Gasteiger partial charge on any atom is 0.241 e. The zero-order valence-corrected chi connectivity index (χ0v) is 17.3. The Balaban J connectivity index is 1.49. The summed E-state index contributed by atoms with van der Waals surface area (Å²) in [7, 11) is 0. The summed E-state index contributed by atoms with van der Waals surface area (Å²) in [4.78, 5) is 15.4. The smallest absolute Gasteiger partial charge is 0.241 e. The standard InChI is InChI=1S/C22H35N3O2/c1-5-27-19-14-22(23,21(19,3)4)20(26)24-18-10-12-25(13-11-18)15-17-9-7-6-8-16(17)2/h6-9,18-19H,5,10-15,23H2,1-4H3,(H,24,26). The van der Waals surface area contributed by atoms with E-state index in [1.807, 2.05) is 20.8 Å². The minimum Gasteiger partial charge on any atom is -0.378 e. The van der Waals surface area contributed by atoms with Gasteiger partial charge < -0.3 is 15.8 Å². The van der Waals surface area contributed by atoms with Gasteiger partial charge in [-0.3, -0.25) is 9.69 Å². The van der Waals surface area contributed by atoms with Gasteiger partial charge in [0.1, 0.15) is 5.54 Å². The van der Waals surface area contributed by atoms with Crippen LogP contribution in [0.1, 0.15) is 51.2 Å². The number of rotatable bonds is 6. The van der Waals surface area contributed by atoms with Gasteiger partial charge in [0, 0.05) is 44.1 Å². The molecule has 1 aromatic carbocycles. The van der Waals surface area contributed by atoms with Crippen LogP contribution in [0.2, 0.25) is 0 Å². The number of ether oxygens (including phenoxy) is 1. The summed E-state index contributed by atoms with van der Waals surface area (Å²) >= 11 is 0. The van der Waals surface area contributed by atoms with Gasteiger partial charge in [0.15, 0.2) is 0 Å². The molecule has 2 atom stereocenters. The molecule has 5 heteroatoms. The van der Waals surface area contributed by atoms with E-state index in [1.165, 1.54) is 11.1 Å². The molecule has 0 radical (unpaired) electrons. The average molecular weight is 374 g/mol. The Bertz CT molecular complexity index is 667. The summed E-state index contributed by atoms with van der Waals surface area (Å²) in [5.74, 6) is -0.0131. The maximum atomic E-state index is 12.9. The van der Waals surface area contributed by atoms with Crippen molar-refractivity contribution in [2.45, 2.75) is 71.2 Å². The maximum absolute atomic E-state index is 12.9. The molecular formula is C22H35N3O2. The van der Waals surface area contributed by atoms with Crippen LogP contribution < -0.4 is 11.1 Å². The summed E-state index contributed by atoms with van der Waals surface area (Å²) in [6, 6.07) is 8.77. The van der Waals surface area contributed by atoms with E-state index in [-0.39, 0.29) is 23.5 Å². The van der Waals surface area contributed by atoms with Crippen LogP contribution in [0.3, 0.4) is 0 Å². The summed E-state index contributed by atoms with van der Waals surface area (Å²) < 4.78 is 5.74. The molecule has 0 aromatic heterocycles. The van der Waals surface area contributed by atoms with Gasteiger partial charge in [0.25, 0.3) is 0 Å². The molecule has 2 aliphatic rings. The van der Waals surface area contributed by atoms with Crippen molar-refractivity contribution in [3.05, 3.63) is 35.4 Å². The third-order valence-electron chi connectivity index (χ3n) is 6.81. The lowest BCUT2D eigenvalue weighted by Crippen LogP contribution is -2.76. The first-order valence-electron chi connectivity index (χ1n) is 10.3. The molecule has 1 saturated carbocycles. The summed E-state index contributed by atoms with van der Waals surface area (Å²) in [5, 5.41) is 3.23. The Morgan fingerprint density at radius 2 is 1.96 bits per heavy atom. The lowest BCUT2D eigenvalue weighted by Gasteiger charge is -2.57. The number of likely N-dealkylation sites (tertiary alicyclic amines) is 1. The van der Waals surface area contributed by atoms with Crippen molar-refractivity contribution in [1.29, 1.82) is 0 Å². The molecule has 0 spiro atoms. The highest BCUT2D eigenvalue weighted by atomic mass is 16.5. The molecule has 1 saturated heterocycles. The molecule has 1 aliphatic heterocycles. The molecule has 1 aromatic rings. The van der Waals surface area contributed by atoms with Gasteiger partial charge in [-0.15, -0.1) is 0 Å². The number of benzene rings is 1. The SMILES string of the molecule is CCOC1CC(N)(C(=O)NC2CCN(Cc3ccccc3C)CC2)C1(C)C. The number of piperidine rings is 1. The summed E-state index contributed by atoms with van der Waals surface area (Å²) in [6.07, 6.45) is 2.62. The molecule has 1 heterocycles. The zero-order valence-electron chi connectivity index (χ0n) is 17.3. The van der Waals surface area contributed by atoms with Crippen LogP contribution in [-0.4, -0.2) is 48.2 Å². The first-order valence-corrected chi connectivity index (χ1v) is 10.3. The monoisotopic (exact) mass is 373 g/mol. The second-order valence-corrected chi connectivity index (χ2v) is 8.79. The molecule has 150 valence electrons. The van der Waals surface area contributed by atoms with E-state index >= 15 is 0 Å². The Kier molecular flexibility index (Phi) is 5.94. The molecule has 3 N–H and O–H groups in total. The fourth-order valence-electron chi connectivity index (χ4n) is 4.40. The van der Waals surface area contributed by atoms with E-state index in [4.69, 9.17) is 10.5 Å². The van der Waals surface area contributed by atoms with Crippen LogP contribution in [0, 0.1) is 12.3 Å². The van der Waals surface area contributed by atoms with E-state index in [0.717, 1.165) is 32.5 Å². The number of amides is 1. The van der Waals surface area contributed by atoms with Gasteiger partial charge in [-0.1, -0.05) is 38.1 Å². The predicted octanol–water partition coefficient (Wildman–Crippen LogP) is 2.61. The van der Waals surface area contributed by atoms with Crippen molar-refractivity contribution in [3.8, 4) is 0 Å². The normalized spacial score (nSPS) is 28.6. The number of nitrogens with zero attached hydrogens (tertiary/aromatic N) is 1. The Hall–Kier alpha value is -1.43. The van der Waals surface area contributed by atoms with Crippen LogP contribution >= 0.6 is 0 Å². The summed E-state index contributed by atoms with van der Waals surface area (Å²) in [5.41, 5.74) is 8.07. The Morgan fingerprint density at radius 3 is 2.56 bits per heavy atom. The van der Waals surface area contributed by atoms with Gasteiger partial charge in [-0.2, -0.15) is 0 Å². The van der Waals surface area contributed by atoms with E-state index in [0.29, 0.717) is 13.0 Å². The van der Waals surface area contributed by atoms with Gasteiger partial charge in [-0.05, 0) is 37.8 Å². The Morgan fingerprint density at radius 1 is 1.30 bits per heavy atom. The highest BCUT2D eigenvalue weighted by molar-refractivity contribution is 5.89. The lowest BCUT2D eigenvalue weighted by molar-refractivity contribution is -0.171. The van der Waals surface area contributed by atoms with Crippen molar-refractivity contribution in [2.24, 2.45) is 11.1 Å². The molecule has 0 bridgehead atoms. The number of nitrogens with one attached hydrogen (secondary N) is 1. The number of carbonyl (C=O) groups excluding carboxylic acids is 1. The van der Waals surface area contributed by atoms with E-state index in [1.54, 1.807) is 0 Å². The second-order valence-electron chi connectivity index (χ2n) is 8.79. The fourth-order valence-corrected chi connectivity index (χ4v) is 4.40. The van der Waals surface area contributed by atoms with Crippen molar-refractivity contribution >= 4 is 5.91 Å². The number of carbonyl (C=O) groups is 1. The van der Waals surface area contributed by atoms with Crippen molar-refractivity contribution in [1.82, 2.24) is 10.2 Å². The molecule has 3 rings (SSSR count). The first-order chi connectivity index (χ1) is 12.8. The molecule has 1 aliphatic carbocycles. The highest BCUT2D eigenvalue weighted by Crippen LogP contribution is 2.49. The lowest BCUT2D eigenvalue weighted by atomic mass is 9.54. The van der Waals surface area contributed by atoms with E-state index in [9.17, 15) is 4.79 Å². The largest absolute Gasteiger partial charge is 0.378 e. The molecule has 1 amide bonds. The predicted molar refractivity (Wildman–Crippen MR) is 108 cm³/mol. The zero-order chi connectivity index (χ0) is 19.7. The minimum absolute atomic E-state index is 0.0131. The molecule has 27 heavy (non-hydrogen) atoms. The third kappa shape index (κ3) is 3.91. The topological polar surface area (TPSA) is 67.6 Å². The Labute approximate surface area is 163 Å². The molecule has 5 nitrogen and oxygen atoms in total. The van der Waals surface area contributed by atoms with Crippen molar-refractivity contribution in [2.75, 3.05) is 19.7 Å². The van der Waals surface area contributed by atoms with Crippen molar-refractivity contribution in [3.63, 3.8) is 0 Å². The second kappa shape index (κ2) is 7.90. The van der Waals surface area contributed by atoms with E-state index in [2.05, 4.69) is 41.4 Å². The molecule has 2 fully saturated rings.